The minimum atomic E-state index is -1.19. The third-order valence-corrected chi connectivity index (χ3v) is 3.70. The Morgan fingerprint density at radius 1 is 1.28 bits per heavy atom. The van der Waals surface area contributed by atoms with Crippen LogP contribution in [0.25, 0.3) is 0 Å². The Morgan fingerprint density at radius 2 is 1.89 bits per heavy atom. The van der Waals surface area contributed by atoms with Gasteiger partial charge in [0.15, 0.2) is 0 Å². The molecule has 1 aliphatic carbocycles. The highest BCUT2D eigenvalue weighted by Crippen LogP contribution is 2.41. The Morgan fingerprint density at radius 3 is 2.33 bits per heavy atom. The van der Waals surface area contributed by atoms with Gasteiger partial charge in [0.1, 0.15) is 5.41 Å². The van der Waals surface area contributed by atoms with Crippen LogP contribution in [0.2, 0.25) is 0 Å². The van der Waals surface area contributed by atoms with E-state index < -0.39 is 11.4 Å². The van der Waals surface area contributed by atoms with E-state index in [1.54, 1.807) is 0 Å². The van der Waals surface area contributed by atoms with Gasteiger partial charge in [-0.2, -0.15) is 0 Å². The van der Waals surface area contributed by atoms with E-state index in [0.29, 0.717) is 12.8 Å². The molecule has 1 aromatic rings. The van der Waals surface area contributed by atoms with Gasteiger partial charge in [-0.05, 0) is 25.3 Å². The molecule has 0 radical (unpaired) electrons. The van der Waals surface area contributed by atoms with Crippen LogP contribution in [0.5, 0.6) is 0 Å². The SMILES string of the molecule is C[C@H](NC(=O)C1(C(=O)O)CCC1)c1ccccc1. The fourth-order valence-electron chi connectivity index (χ4n) is 2.23. The summed E-state index contributed by atoms with van der Waals surface area (Å²) in [6, 6.07) is 9.36. The smallest absolute Gasteiger partial charge is 0.319 e. The van der Waals surface area contributed by atoms with Crippen molar-refractivity contribution >= 4 is 11.9 Å². The van der Waals surface area contributed by atoms with Crippen LogP contribution < -0.4 is 5.32 Å². The predicted molar refractivity (Wildman–Crippen MR) is 66.9 cm³/mol. The normalized spacial score (nSPS) is 18.5. The molecule has 1 amide bonds. The number of nitrogens with one attached hydrogen (secondary N) is 1. The lowest BCUT2D eigenvalue weighted by molar-refractivity contribution is -0.162. The molecule has 0 unspecified atom stereocenters. The summed E-state index contributed by atoms with van der Waals surface area (Å²) in [5.41, 5.74) is -0.214. The van der Waals surface area contributed by atoms with Gasteiger partial charge in [-0.1, -0.05) is 36.8 Å². The number of hydrogen-bond acceptors (Lipinski definition) is 2. The van der Waals surface area contributed by atoms with Crippen molar-refractivity contribution in [3.63, 3.8) is 0 Å². The molecule has 2 rings (SSSR count). The number of hydrogen-bond donors (Lipinski definition) is 2. The zero-order valence-corrected chi connectivity index (χ0v) is 10.3. The number of carbonyl (C=O) groups excluding carboxylic acids is 1. The van der Waals surface area contributed by atoms with Crippen LogP contribution in [0.1, 0.15) is 37.8 Å². The average molecular weight is 247 g/mol. The molecule has 0 aromatic heterocycles. The summed E-state index contributed by atoms with van der Waals surface area (Å²) in [5, 5.41) is 12.0. The number of carbonyl (C=O) groups is 2. The van der Waals surface area contributed by atoms with Crippen LogP contribution in [0, 0.1) is 5.41 Å². The molecule has 1 saturated carbocycles. The zero-order valence-electron chi connectivity index (χ0n) is 10.3. The molecule has 1 aromatic carbocycles. The van der Waals surface area contributed by atoms with Crippen LogP contribution in [0.3, 0.4) is 0 Å². The molecular formula is C14H17NO3. The first kappa shape index (κ1) is 12.6. The number of rotatable bonds is 4. The third kappa shape index (κ3) is 2.10. The highest BCUT2D eigenvalue weighted by atomic mass is 16.4. The molecule has 0 aliphatic heterocycles. The summed E-state index contributed by atoms with van der Waals surface area (Å²) in [4.78, 5) is 23.3. The quantitative estimate of drug-likeness (QED) is 0.801. The van der Waals surface area contributed by atoms with Crippen molar-refractivity contribution in [3.05, 3.63) is 35.9 Å². The van der Waals surface area contributed by atoms with Gasteiger partial charge in [0, 0.05) is 0 Å². The van der Waals surface area contributed by atoms with Crippen molar-refractivity contribution in [2.75, 3.05) is 0 Å². The van der Waals surface area contributed by atoms with Crippen molar-refractivity contribution in [1.29, 1.82) is 0 Å². The Kier molecular flexibility index (Phi) is 3.36. The van der Waals surface area contributed by atoms with Crippen LogP contribution in [-0.4, -0.2) is 17.0 Å². The molecule has 0 saturated heterocycles. The molecule has 0 spiro atoms. The largest absolute Gasteiger partial charge is 0.480 e. The van der Waals surface area contributed by atoms with E-state index in [4.69, 9.17) is 0 Å². The first-order chi connectivity index (χ1) is 8.56. The fraction of sp³-hybridized carbons (Fsp3) is 0.429. The summed E-state index contributed by atoms with van der Waals surface area (Å²) in [7, 11) is 0. The van der Waals surface area contributed by atoms with Crippen LogP contribution >= 0.6 is 0 Å². The van der Waals surface area contributed by atoms with Gasteiger partial charge < -0.3 is 10.4 Å². The summed E-state index contributed by atoms with van der Waals surface area (Å²) >= 11 is 0. The molecule has 1 atom stereocenters. The highest BCUT2D eigenvalue weighted by molar-refractivity contribution is 6.02. The van der Waals surface area contributed by atoms with Crippen LogP contribution in [0.15, 0.2) is 30.3 Å². The average Bonchev–Trinajstić information content (AvgIpc) is 2.28. The van der Waals surface area contributed by atoms with Gasteiger partial charge in [-0.25, -0.2) is 0 Å². The molecule has 1 aliphatic rings. The monoisotopic (exact) mass is 247 g/mol. The molecule has 4 heteroatoms. The fourth-order valence-corrected chi connectivity index (χ4v) is 2.23. The molecule has 0 heterocycles. The Labute approximate surface area is 106 Å². The minimum Gasteiger partial charge on any atom is -0.480 e. The lowest BCUT2D eigenvalue weighted by Crippen LogP contribution is -2.51. The maximum Gasteiger partial charge on any atom is 0.319 e. The van der Waals surface area contributed by atoms with Gasteiger partial charge in [0.05, 0.1) is 6.04 Å². The van der Waals surface area contributed by atoms with Crippen LogP contribution in [-0.2, 0) is 9.59 Å². The molecule has 2 N–H and O–H groups in total. The van der Waals surface area contributed by atoms with E-state index in [1.165, 1.54) is 0 Å². The lowest BCUT2D eigenvalue weighted by Gasteiger charge is -2.36. The summed E-state index contributed by atoms with van der Waals surface area (Å²) in [6.45, 7) is 1.86. The van der Waals surface area contributed by atoms with Gasteiger partial charge in [0.2, 0.25) is 5.91 Å². The van der Waals surface area contributed by atoms with Crippen molar-refractivity contribution in [2.24, 2.45) is 5.41 Å². The first-order valence-corrected chi connectivity index (χ1v) is 6.15. The number of aliphatic carboxylic acids is 1. The maximum atomic E-state index is 12.1. The molecule has 1 fully saturated rings. The van der Waals surface area contributed by atoms with Gasteiger partial charge in [0.25, 0.3) is 0 Å². The molecule has 96 valence electrons. The second-order valence-corrected chi connectivity index (χ2v) is 4.85. The molecular weight excluding hydrogens is 230 g/mol. The first-order valence-electron chi connectivity index (χ1n) is 6.15. The maximum absolute atomic E-state index is 12.1. The van der Waals surface area contributed by atoms with Crippen molar-refractivity contribution < 1.29 is 14.7 Å². The van der Waals surface area contributed by atoms with E-state index in [2.05, 4.69) is 5.32 Å². The van der Waals surface area contributed by atoms with Crippen molar-refractivity contribution in [3.8, 4) is 0 Å². The summed E-state index contributed by atoms with van der Waals surface area (Å²) in [5.74, 6) is -1.37. The molecule has 18 heavy (non-hydrogen) atoms. The highest BCUT2D eigenvalue weighted by Gasteiger charge is 2.51. The summed E-state index contributed by atoms with van der Waals surface area (Å²) < 4.78 is 0. The van der Waals surface area contributed by atoms with E-state index in [-0.39, 0.29) is 11.9 Å². The number of carboxylic acids is 1. The second kappa shape index (κ2) is 4.80. The number of carboxylic acid groups (broad SMARTS) is 1. The standard InChI is InChI=1S/C14H17NO3/c1-10(11-6-3-2-4-7-11)15-12(16)14(13(17)18)8-5-9-14/h2-4,6-7,10H,5,8-9H2,1H3,(H,15,16)(H,17,18)/t10-/m0/s1. The van der Waals surface area contributed by atoms with E-state index >= 15 is 0 Å². The van der Waals surface area contributed by atoms with Gasteiger partial charge >= 0.3 is 5.97 Å². The Bertz CT molecular complexity index is 451. The molecule has 0 bridgehead atoms. The van der Waals surface area contributed by atoms with E-state index in [9.17, 15) is 14.7 Å². The third-order valence-electron chi connectivity index (χ3n) is 3.70. The van der Waals surface area contributed by atoms with E-state index in [0.717, 1.165) is 12.0 Å². The van der Waals surface area contributed by atoms with Gasteiger partial charge in [-0.3, -0.25) is 9.59 Å². The zero-order chi connectivity index (χ0) is 13.2. The Balaban J connectivity index is 2.06. The van der Waals surface area contributed by atoms with Crippen molar-refractivity contribution in [1.82, 2.24) is 5.32 Å². The second-order valence-electron chi connectivity index (χ2n) is 4.85. The predicted octanol–water partition coefficient (Wildman–Crippen LogP) is 2.12. The Hall–Kier alpha value is -1.84. The topological polar surface area (TPSA) is 66.4 Å². The summed E-state index contributed by atoms with van der Waals surface area (Å²) in [6.07, 6.45) is 1.69. The number of amides is 1. The molecule has 4 nitrogen and oxygen atoms in total. The lowest BCUT2D eigenvalue weighted by atomic mass is 9.68. The number of benzene rings is 1. The minimum absolute atomic E-state index is 0.171. The van der Waals surface area contributed by atoms with Crippen LogP contribution in [0.4, 0.5) is 0 Å². The van der Waals surface area contributed by atoms with Crippen molar-refractivity contribution in [2.45, 2.75) is 32.2 Å². The van der Waals surface area contributed by atoms with Gasteiger partial charge in [-0.15, -0.1) is 0 Å². The van der Waals surface area contributed by atoms with E-state index in [1.807, 2.05) is 37.3 Å².